The van der Waals surface area contributed by atoms with Gasteiger partial charge >= 0.3 is 0 Å². The van der Waals surface area contributed by atoms with E-state index in [-0.39, 0.29) is 11.9 Å². The zero-order valence-electron chi connectivity index (χ0n) is 13.5. The molecule has 2 aromatic heterocycles. The van der Waals surface area contributed by atoms with Gasteiger partial charge in [0.05, 0.1) is 0 Å². The Morgan fingerprint density at radius 2 is 1.92 bits per heavy atom. The summed E-state index contributed by atoms with van der Waals surface area (Å²) in [6.07, 6.45) is 5.29. The van der Waals surface area contributed by atoms with Crippen LogP contribution in [-0.4, -0.2) is 21.9 Å². The summed E-state index contributed by atoms with van der Waals surface area (Å²) >= 11 is 1.47. The lowest BCUT2D eigenvalue weighted by Crippen LogP contribution is -2.33. The Labute approximate surface area is 145 Å². The molecule has 0 radical (unpaired) electrons. The molecule has 2 heterocycles. The van der Waals surface area contributed by atoms with Crippen LogP contribution in [-0.2, 0) is 6.42 Å². The second-order valence-electron chi connectivity index (χ2n) is 5.67. The lowest BCUT2D eigenvalue weighted by Gasteiger charge is -2.12. The number of rotatable bonds is 6. The SMILES string of the molecule is C[C@H](CCc1ccccc1)NC(=O)c1csc(-c2ccncc2)n1. The third-order valence-corrected chi connectivity index (χ3v) is 4.64. The van der Waals surface area contributed by atoms with Crippen molar-refractivity contribution in [2.45, 2.75) is 25.8 Å². The van der Waals surface area contributed by atoms with E-state index in [1.54, 1.807) is 17.8 Å². The number of nitrogens with zero attached hydrogens (tertiary/aromatic N) is 2. The van der Waals surface area contributed by atoms with E-state index in [0.717, 1.165) is 23.4 Å². The van der Waals surface area contributed by atoms with Gasteiger partial charge in [0.1, 0.15) is 10.7 Å². The number of nitrogens with one attached hydrogen (secondary N) is 1. The van der Waals surface area contributed by atoms with Gasteiger partial charge < -0.3 is 5.32 Å². The first-order valence-electron chi connectivity index (χ1n) is 7.93. The van der Waals surface area contributed by atoms with Gasteiger partial charge in [-0.15, -0.1) is 11.3 Å². The Balaban J connectivity index is 1.56. The first-order valence-corrected chi connectivity index (χ1v) is 8.81. The number of thiazole rings is 1. The van der Waals surface area contributed by atoms with Crippen molar-refractivity contribution in [1.82, 2.24) is 15.3 Å². The van der Waals surface area contributed by atoms with Gasteiger partial charge in [-0.25, -0.2) is 4.98 Å². The van der Waals surface area contributed by atoms with Crippen LogP contribution < -0.4 is 5.32 Å². The van der Waals surface area contributed by atoms with Crippen LogP contribution in [0.4, 0.5) is 0 Å². The fourth-order valence-corrected chi connectivity index (χ4v) is 3.21. The monoisotopic (exact) mass is 337 g/mol. The number of pyridine rings is 1. The number of hydrogen-bond acceptors (Lipinski definition) is 4. The Kier molecular flexibility index (Phi) is 5.33. The molecular weight excluding hydrogens is 318 g/mol. The van der Waals surface area contributed by atoms with Gasteiger partial charge in [0, 0.05) is 29.4 Å². The minimum atomic E-state index is -0.118. The number of amides is 1. The molecule has 0 aliphatic carbocycles. The summed E-state index contributed by atoms with van der Waals surface area (Å²) in [7, 11) is 0. The molecule has 3 aromatic rings. The lowest BCUT2D eigenvalue weighted by atomic mass is 10.1. The second kappa shape index (κ2) is 7.84. The first kappa shape index (κ1) is 16.3. The van der Waals surface area contributed by atoms with E-state index >= 15 is 0 Å². The van der Waals surface area contributed by atoms with Crippen molar-refractivity contribution in [3.05, 3.63) is 71.5 Å². The molecule has 0 aliphatic rings. The van der Waals surface area contributed by atoms with Crippen molar-refractivity contribution < 1.29 is 4.79 Å². The van der Waals surface area contributed by atoms with E-state index in [9.17, 15) is 4.79 Å². The fraction of sp³-hybridized carbons (Fsp3) is 0.211. The van der Waals surface area contributed by atoms with Crippen LogP contribution in [0.5, 0.6) is 0 Å². The van der Waals surface area contributed by atoms with Crippen molar-refractivity contribution >= 4 is 17.2 Å². The summed E-state index contributed by atoms with van der Waals surface area (Å²) in [6, 6.07) is 14.2. The van der Waals surface area contributed by atoms with Crippen LogP contribution in [0.25, 0.3) is 10.6 Å². The maximum absolute atomic E-state index is 12.3. The van der Waals surface area contributed by atoms with E-state index in [2.05, 4.69) is 27.4 Å². The molecule has 1 atom stereocenters. The van der Waals surface area contributed by atoms with Gasteiger partial charge in [0.25, 0.3) is 5.91 Å². The topological polar surface area (TPSA) is 54.9 Å². The zero-order chi connectivity index (χ0) is 16.8. The van der Waals surface area contributed by atoms with Crippen molar-refractivity contribution in [3.63, 3.8) is 0 Å². The molecule has 0 spiro atoms. The Morgan fingerprint density at radius 3 is 2.67 bits per heavy atom. The zero-order valence-corrected chi connectivity index (χ0v) is 14.3. The van der Waals surface area contributed by atoms with Crippen LogP contribution in [0, 0.1) is 0 Å². The van der Waals surface area contributed by atoms with Gasteiger partial charge in [-0.1, -0.05) is 30.3 Å². The third-order valence-electron chi connectivity index (χ3n) is 3.75. The summed E-state index contributed by atoms with van der Waals surface area (Å²) in [5.74, 6) is -0.118. The van der Waals surface area contributed by atoms with E-state index in [1.165, 1.54) is 16.9 Å². The standard InChI is InChI=1S/C19H19N3OS/c1-14(7-8-15-5-3-2-4-6-15)21-18(23)17-13-24-19(22-17)16-9-11-20-12-10-16/h2-6,9-14H,7-8H2,1H3,(H,21,23)/t14-/m1/s1. The van der Waals surface area contributed by atoms with Gasteiger partial charge in [0.2, 0.25) is 0 Å². The minimum absolute atomic E-state index is 0.101. The van der Waals surface area contributed by atoms with Crippen molar-refractivity contribution in [2.24, 2.45) is 0 Å². The van der Waals surface area contributed by atoms with Gasteiger partial charge in [-0.3, -0.25) is 9.78 Å². The molecule has 5 heteroatoms. The number of carbonyl (C=O) groups is 1. The minimum Gasteiger partial charge on any atom is -0.348 e. The smallest absolute Gasteiger partial charge is 0.270 e. The molecule has 1 N–H and O–H groups in total. The maximum atomic E-state index is 12.3. The molecule has 0 bridgehead atoms. The Morgan fingerprint density at radius 1 is 1.17 bits per heavy atom. The van der Waals surface area contributed by atoms with E-state index in [1.807, 2.05) is 37.3 Å². The highest BCUT2D eigenvalue weighted by atomic mass is 32.1. The number of aromatic nitrogens is 2. The molecule has 1 aromatic carbocycles. The highest BCUT2D eigenvalue weighted by Gasteiger charge is 2.14. The van der Waals surface area contributed by atoms with Crippen LogP contribution in [0.15, 0.2) is 60.2 Å². The molecule has 1 amide bonds. The predicted molar refractivity (Wildman–Crippen MR) is 97.0 cm³/mol. The highest BCUT2D eigenvalue weighted by molar-refractivity contribution is 7.13. The highest BCUT2D eigenvalue weighted by Crippen LogP contribution is 2.22. The molecule has 0 fully saturated rings. The molecule has 24 heavy (non-hydrogen) atoms. The molecular formula is C19H19N3OS. The fourth-order valence-electron chi connectivity index (χ4n) is 2.40. The van der Waals surface area contributed by atoms with E-state index < -0.39 is 0 Å². The second-order valence-corrected chi connectivity index (χ2v) is 6.53. The van der Waals surface area contributed by atoms with Crippen molar-refractivity contribution in [1.29, 1.82) is 0 Å². The van der Waals surface area contributed by atoms with Crippen LogP contribution in [0.3, 0.4) is 0 Å². The van der Waals surface area contributed by atoms with E-state index in [4.69, 9.17) is 0 Å². The summed E-state index contributed by atoms with van der Waals surface area (Å²) in [6.45, 7) is 2.02. The van der Waals surface area contributed by atoms with Gasteiger partial charge in [-0.05, 0) is 37.5 Å². The molecule has 4 nitrogen and oxygen atoms in total. The normalized spacial score (nSPS) is 11.9. The third kappa shape index (κ3) is 4.26. The summed E-state index contributed by atoms with van der Waals surface area (Å²) < 4.78 is 0. The van der Waals surface area contributed by atoms with Crippen LogP contribution >= 0.6 is 11.3 Å². The molecule has 0 aliphatic heterocycles. The average molecular weight is 337 g/mol. The largest absolute Gasteiger partial charge is 0.348 e. The van der Waals surface area contributed by atoms with Crippen molar-refractivity contribution in [2.75, 3.05) is 0 Å². The quantitative estimate of drug-likeness (QED) is 0.741. The molecule has 0 saturated heterocycles. The Hall–Kier alpha value is -2.53. The van der Waals surface area contributed by atoms with Crippen molar-refractivity contribution in [3.8, 4) is 10.6 Å². The average Bonchev–Trinajstić information content (AvgIpc) is 3.12. The molecule has 3 rings (SSSR count). The summed E-state index contributed by atoms with van der Waals surface area (Å²) in [5.41, 5.74) is 2.73. The molecule has 0 unspecified atom stereocenters. The number of benzene rings is 1. The van der Waals surface area contributed by atoms with Gasteiger partial charge in [0.15, 0.2) is 0 Å². The summed E-state index contributed by atoms with van der Waals surface area (Å²) in [4.78, 5) is 20.8. The van der Waals surface area contributed by atoms with Gasteiger partial charge in [-0.2, -0.15) is 0 Å². The number of hydrogen-bond donors (Lipinski definition) is 1. The lowest BCUT2D eigenvalue weighted by molar-refractivity contribution is 0.0934. The van der Waals surface area contributed by atoms with E-state index in [0.29, 0.717) is 5.69 Å². The number of aryl methyl sites for hydroxylation is 1. The summed E-state index contributed by atoms with van der Waals surface area (Å²) in [5, 5.41) is 5.66. The van der Waals surface area contributed by atoms with Crippen LogP contribution in [0.2, 0.25) is 0 Å². The van der Waals surface area contributed by atoms with Crippen LogP contribution in [0.1, 0.15) is 29.4 Å². The predicted octanol–water partition coefficient (Wildman–Crippen LogP) is 3.96. The first-order chi connectivity index (χ1) is 11.7. The molecule has 0 saturated carbocycles. The number of carbonyl (C=O) groups excluding carboxylic acids is 1. The maximum Gasteiger partial charge on any atom is 0.270 e. The molecule has 122 valence electrons. The Bertz CT molecular complexity index is 787.